The van der Waals surface area contributed by atoms with Crippen molar-refractivity contribution in [3.8, 4) is 0 Å². The van der Waals surface area contributed by atoms with Crippen molar-refractivity contribution in [2.24, 2.45) is 0 Å². The van der Waals surface area contributed by atoms with Crippen LogP contribution in [0.15, 0.2) is 0 Å². The molecule has 1 N–H and O–H groups in total. The van der Waals surface area contributed by atoms with E-state index in [1.165, 1.54) is 0 Å². The van der Waals surface area contributed by atoms with Crippen molar-refractivity contribution in [2.75, 3.05) is 0 Å². The maximum atomic E-state index is 10.9. The summed E-state index contributed by atoms with van der Waals surface area (Å²) in [6, 6.07) is 0. The standard InChI is InChI=1S/C8H6Cl2N2O4/c1-2-3-4(8(13)14)5(9)6(12(15)16)7(10)11-3/h2H2,1H3,(H,13,14). The van der Waals surface area contributed by atoms with E-state index in [1.807, 2.05) is 0 Å². The number of rotatable bonds is 3. The molecule has 1 heterocycles. The zero-order valence-corrected chi connectivity index (χ0v) is 9.54. The second kappa shape index (κ2) is 4.63. The van der Waals surface area contributed by atoms with Crippen LogP contribution in [0.1, 0.15) is 23.0 Å². The van der Waals surface area contributed by atoms with Crippen LogP contribution in [0.25, 0.3) is 0 Å². The number of hydrogen-bond acceptors (Lipinski definition) is 4. The molecule has 0 aliphatic carbocycles. The van der Waals surface area contributed by atoms with Crippen molar-refractivity contribution in [1.82, 2.24) is 4.98 Å². The number of nitrogens with zero attached hydrogens (tertiary/aromatic N) is 2. The third-order valence-corrected chi connectivity index (χ3v) is 2.51. The van der Waals surface area contributed by atoms with Crippen LogP contribution in [0, 0.1) is 10.1 Å². The highest BCUT2D eigenvalue weighted by atomic mass is 35.5. The van der Waals surface area contributed by atoms with Gasteiger partial charge in [0, 0.05) is 0 Å². The predicted octanol–water partition coefficient (Wildman–Crippen LogP) is 2.56. The van der Waals surface area contributed by atoms with Gasteiger partial charge in [0.05, 0.1) is 10.6 Å². The van der Waals surface area contributed by atoms with Crippen LogP contribution in [-0.2, 0) is 6.42 Å². The lowest BCUT2D eigenvalue weighted by molar-refractivity contribution is -0.384. The number of aryl methyl sites for hydroxylation is 1. The SMILES string of the molecule is CCc1nc(Cl)c([N+](=O)[O-])c(Cl)c1C(=O)O. The van der Waals surface area contributed by atoms with Crippen molar-refractivity contribution in [1.29, 1.82) is 0 Å². The van der Waals surface area contributed by atoms with Gasteiger partial charge in [0.2, 0.25) is 5.15 Å². The molecule has 0 radical (unpaired) electrons. The molecule has 8 heteroatoms. The summed E-state index contributed by atoms with van der Waals surface area (Å²) in [4.78, 5) is 24.3. The molecule has 0 spiro atoms. The van der Waals surface area contributed by atoms with Gasteiger partial charge in [-0.05, 0) is 6.42 Å². The average Bonchev–Trinajstić information content (AvgIpc) is 2.14. The molecule has 0 atom stereocenters. The second-order valence-electron chi connectivity index (χ2n) is 2.80. The van der Waals surface area contributed by atoms with E-state index >= 15 is 0 Å². The van der Waals surface area contributed by atoms with Gasteiger partial charge in [0.1, 0.15) is 10.6 Å². The number of aromatic nitrogens is 1. The van der Waals surface area contributed by atoms with E-state index in [0.29, 0.717) is 0 Å². The maximum absolute atomic E-state index is 10.9. The Morgan fingerprint density at radius 2 is 2.12 bits per heavy atom. The second-order valence-corrected chi connectivity index (χ2v) is 3.54. The minimum Gasteiger partial charge on any atom is -0.478 e. The zero-order chi connectivity index (χ0) is 12.5. The van der Waals surface area contributed by atoms with Gasteiger partial charge in [-0.1, -0.05) is 30.1 Å². The summed E-state index contributed by atoms with van der Waals surface area (Å²) in [6.45, 7) is 1.65. The quantitative estimate of drug-likeness (QED) is 0.515. The van der Waals surface area contributed by atoms with Gasteiger partial charge in [-0.2, -0.15) is 0 Å². The van der Waals surface area contributed by atoms with Crippen LogP contribution in [0.3, 0.4) is 0 Å². The Hall–Kier alpha value is -1.40. The Bertz CT molecular complexity index is 476. The topological polar surface area (TPSA) is 93.3 Å². The van der Waals surface area contributed by atoms with E-state index in [-0.39, 0.29) is 17.7 Å². The molecule has 6 nitrogen and oxygen atoms in total. The Morgan fingerprint density at radius 1 is 1.56 bits per heavy atom. The number of carboxylic acid groups (broad SMARTS) is 1. The fourth-order valence-electron chi connectivity index (χ4n) is 1.19. The molecule has 0 bridgehead atoms. The van der Waals surface area contributed by atoms with E-state index in [0.717, 1.165) is 0 Å². The highest BCUT2D eigenvalue weighted by Crippen LogP contribution is 2.35. The van der Waals surface area contributed by atoms with Crippen molar-refractivity contribution in [3.05, 3.63) is 31.5 Å². The molecule has 0 saturated carbocycles. The van der Waals surface area contributed by atoms with Crippen molar-refractivity contribution in [3.63, 3.8) is 0 Å². The Balaban J connectivity index is 3.65. The van der Waals surface area contributed by atoms with Crippen molar-refractivity contribution < 1.29 is 14.8 Å². The molecular formula is C8H6Cl2N2O4. The number of carbonyl (C=O) groups is 1. The molecule has 0 unspecified atom stereocenters. The van der Waals surface area contributed by atoms with E-state index in [2.05, 4.69) is 4.98 Å². The lowest BCUT2D eigenvalue weighted by Crippen LogP contribution is -2.08. The van der Waals surface area contributed by atoms with Crippen LogP contribution in [0.2, 0.25) is 10.2 Å². The summed E-state index contributed by atoms with van der Waals surface area (Å²) >= 11 is 11.2. The minimum absolute atomic E-state index is 0.119. The lowest BCUT2D eigenvalue weighted by atomic mass is 10.1. The van der Waals surface area contributed by atoms with Crippen LogP contribution >= 0.6 is 23.2 Å². The van der Waals surface area contributed by atoms with Crippen molar-refractivity contribution >= 4 is 34.9 Å². The molecule has 1 aromatic rings. The van der Waals surface area contributed by atoms with Crippen molar-refractivity contribution in [2.45, 2.75) is 13.3 Å². The van der Waals surface area contributed by atoms with Crippen LogP contribution in [0.4, 0.5) is 5.69 Å². The Kier molecular flexibility index (Phi) is 3.66. The molecule has 0 aromatic carbocycles. The first-order chi connectivity index (χ1) is 7.40. The molecule has 0 amide bonds. The molecule has 1 rings (SSSR count). The summed E-state index contributed by atoms with van der Waals surface area (Å²) in [6.07, 6.45) is 0.263. The number of carboxylic acids is 1. The highest BCUT2D eigenvalue weighted by Gasteiger charge is 2.28. The molecule has 0 aliphatic rings. The minimum atomic E-state index is -1.37. The van der Waals surface area contributed by atoms with Gasteiger partial charge >= 0.3 is 11.7 Å². The van der Waals surface area contributed by atoms with Gasteiger partial charge < -0.3 is 5.11 Å². The third kappa shape index (κ3) is 2.07. The van der Waals surface area contributed by atoms with Gasteiger partial charge in [-0.3, -0.25) is 10.1 Å². The monoisotopic (exact) mass is 264 g/mol. The van der Waals surface area contributed by atoms with Gasteiger partial charge in [0.15, 0.2) is 0 Å². The van der Waals surface area contributed by atoms with Gasteiger partial charge in [-0.15, -0.1) is 0 Å². The number of nitro groups is 1. The third-order valence-electron chi connectivity index (χ3n) is 1.88. The summed E-state index contributed by atoms with van der Waals surface area (Å²) in [5, 5.41) is 18.6. The molecule has 16 heavy (non-hydrogen) atoms. The number of hydrogen-bond donors (Lipinski definition) is 1. The van der Waals surface area contributed by atoms with Crippen LogP contribution < -0.4 is 0 Å². The molecule has 0 fully saturated rings. The Labute approximate surface area is 100.0 Å². The first-order valence-electron chi connectivity index (χ1n) is 4.15. The van der Waals surface area contributed by atoms with E-state index in [4.69, 9.17) is 28.3 Å². The van der Waals surface area contributed by atoms with E-state index in [1.54, 1.807) is 6.92 Å². The first-order valence-corrected chi connectivity index (χ1v) is 4.91. The first kappa shape index (κ1) is 12.7. The molecule has 0 aliphatic heterocycles. The van der Waals surface area contributed by atoms with Gasteiger partial charge in [-0.25, -0.2) is 9.78 Å². The zero-order valence-electron chi connectivity index (χ0n) is 8.03. The summed E-state index contributed by atoms with van der Waals surface area (Å²) in [5.41, 5.74) is -0.939. The van der Waals surface area contributed by atoms with E-state index in [9.17, 15) is 14.9 Å². The molecule has 86 valence electrons. The number of aromatic carboxylic acids is 1. The fourth-order valence-corrected chi connectivity index (χ4v) is 1.85. The van der Waals surface area contributed by atoms with Crippen LogP contribution in [0.5, 0.6) is 0 Å². The van der Waals surface area contributed by atoms with Gasteiger partial charge in [0.25, 0.3) is 0 Å². The van der Waals surface area contributed by atoms with Crippen LogP contribution in [-0.4, -0.2) is 21.0 Å². The lowest BCUT2D eigenvalue weighted by Gasteiger charge is -2.06. The number of halogens is 2. The molecule has 0 saturated heterocycles. The number of pyridine rings is 1. The average molecular weight is 265 g/mol. The summed E-state index contributed by atoms with van der Waals surface area (Å²) in [5.74, 6) is -1.37. The predicted molar refractivity (Wildman–Crippen MR) is 57.2 cm³/mol. The molecule has 1 aromatic heterocycles. The normalized spacial score (nSPS) is 10.2. The summed E-state index contributed by atoms with van der Waals surface area (Å²) in [7, 11) is 0. The molecular weight excluding hydrogens is 259 g/mol. The maximum Gasteiger partial charge on any atom is 0.339 e. The fraction of sp³-hybridized carbons (Fsp3) is 0.250. The smallest absolute Gasteiger partial charge is 0.339 e. The largest absolute Gasteiger partial charge is 0.478 e. The highest BCUT2D eigenvalue weighted by molar-refractivity contribution is 6.39. The van der Waals surface area contributed by atoms with E-state index < -0.39 is 26.8 Å². The Morgan fingerprint density at radius 3 is 2.50 bits per heavy atom. The summed E-state index contributed by atoms with van der Waals surface area (Å²) < 4.78 is 0.